The summed E-state index contributed by atoms with van der Waals surface area (Å²) >= 11 is 0. The van der Waals surface area contributed by atoms with Crippen LogP contribution in [0.4, 0.5) is 10.1 Å². The molecule has 27 heavy (non-hydrogen) atoms. The zero-order valence-electron chi connectivity index (χ0n) is 16.3. The van der Waals surface area contributed by atoms with E-state index in [9.17, 15) is 9.18 Å². The molecule has 1 saturated heterocycles. The summed E-state index contributed by atoms with van der Waals surface area (Å²) in [5.74, 6) is -0.168. The molecule has 1 atom stereocenters. The molecule has 0 spiro atoms. The van der Waals surface area contributed by atoms with Gasteiger partial charge in [0.25, 0.3) is 0 Å². The van der Waals surface area contributed by atoms with Crippen LogP contribution in [0.15, 0.2) is 42.5 Å². The summed E-state index contributed by atoms with van der Waals surface area (Å²) < 4.78 is 13.1. The van der Waals surface area contributed by atoms with Crippen molar-refractivity contribution < 1.29 is 9.18 Å². The fraction of sp³-hybridized carbons (Fsp3) is 0.409. The first-order valence-electron chi connectivity index (χ1n) is 9.52. The normalized spacial score (nSPS) is 16.9. The van der Waals surface area contributed by atoms with Gasteiger partial charge in [-0.25, -0.2) is 4.39 Å². The minimum atomic E-state index is -0.203. The van der Waals surface area contributed by atoms with E-state index in [0.717, 1.165) is 48.6 Å². The molecule has 0 radical (unpaired) electrons. The van der Waals surface area contributed by atoms with Crippen molar-refractivity contribution in [3.05, 3.63) is 65.0 Å². The molecular formula is C22H28FN3O. The Morgan fingerprint density at radius 1 is 1.04 bits per heavy atom. The van der Waals surface area contributed by atoms with Crippen LogP contribution in [0.1, 0.15) is 29.7 Å². The molecule has 1 N–H and O–H groups in total. The van der Waals surface area contributed by atoms with Crippen molar-refractivity contribution in [1.82, 2.24) is 9.80 Å². The Kier molecular flexibility index (Phi) is 6.24. The van der Waals surface area contributed by atoms with Crippen LogP contribution in [-0.2, 0) is 4.79 Å². The molecule has 2 aromatic carbocycles. The van der Waals surface area contributed by atoms with Crippen LogP contribution >= 0.6 is 0 Å². The average Bonchev–Trinajstić information content (AvgIpc) is 2.65. The molecular weight excluding hydrogens is 341 g/mol. The minimum absolute atomic E-state index is 0.0347. The van der Waals surface area contributed by atoms with Crippen LogP contribution in [0, 0.1) is 19.7 Å². The van der Waals surface area contributed by atoms with Crippen LogP contribution in [0.2, 0.25) is 0 Å². The first-order chi connectivity index (χ1) is 12.9. The Morgan fingerprint density at radius 2 is 1.63 bits per heavy atom. The van der Waals surface area contributed by atoms with Gasteiger partial charge in [-0.3, -0.25) is 14.6 Å². The molecule has 3 rings (SSSR count). The van der Waals surface area contributed by atoms with Crippen molar-refractivity contribution in [1.29, 1.82) is 0 Å². The number of nitrogens with one attached hydrogen (secondary N) is 1. The van der Waals surface area contributed by atoms with Crippen molar-refractivity contribution in [3.63, 3.8) is 0 Å². The van der Waals surface area contributed by atoms with E-state index >= 15 is 0 Å². The van der Waals surface area contributed by atoms with Gasteiger partial charge in [0.05, 0.1) is 6.54 Å². The molecule has 4 nitrogen and oxygen atoms in total. The van der Waals surface area contributed by atoms with Gasteiger partial charge in [-0.05, 0) is 49.6 Å². The topological polar surface area (TPSA) is 35.6 Å². The second kappa shape index (κ2) is 8.63. The fourth-order valence-electron chi connectivity index (χ4n) is 3.65. The van der Waals surface area contributed by atoms with Gasteiger partial charge in [-0.1, -0.05) is 30.3 Å². The molecule has 0 bridgehead atoms. The molecule has 1 aliphatic rings. The predicted octanol–water partition coefficient (Wildman–Crippen LogP) is 3.76. The summed E-state index contributed by atoms with van der Waals surface area (Å²) in [7, 11) is 0. The van der Waals surface area contributed by atoms with Crippen molar-refractivity contribution in [2.75, 3.05) is 38.0 Å². The fourth-order valence-corrected chi connectivity index (χ4v) is 3.65. The number of anilines is 1. The third-order valence-corrected chi connectivity index (χ3v) is 5.42. The second-order valence-corrected chi connectivity index (χ2v) is 7.35. The van der Waals surface area contributed by atoms with E-state index in [0.29, 0.717) is 6.54 Å². The minimum Gasteiger partial charge on any atom is -0.324 e. The van der Waals surface area contributed by atoms with E-state index in [1.807, 2.05) is 44.2 Å². The van der Waals surface area contributed by atoms with Crippen molar-refractivity contribution in [2.24, 2.45) is 0 Å². The van der Waals surface area contributed by atoms with Crippen molar-refractivity contribution >= 4 is 11.6 Å². The van der Waals surface area contributed by atoms with Crippen LogP contribution in [0.3, 0.4) is 0 Å². The number of nitrogens with zero attached hydrogens (tertiary/aromatic N) is 2. The average molecular weight is 369 g/mol. The smallest absolute Gasteiger partial charge is 0.238 e. The number of para-hydroxylation sites is 1. The van der Waals surface area contributed by atoms with Gasteiger partial charge in [-0.15, -0.1) is 0 Å². The number of aryl methyl sites for hydroxylation is 2. The van der Waals surface area contributed by atoms with Gasteiger partial charge in [0.15, 0.2) is 0 Å². The van der Waals surface area contributed by atoms with Crippen LogP contribution in [-0.4, -0.2) is 48.4 Å². The molecule has 144 valence electrons. The van der Waals surface area contributed by atoms with E-state index in [1.54, 1.807) is 0 Å². The number of amides is 1. The Labute approximate surface area is 161 Å². The molecule has 5 heteroatoms. The largest absolute Gasteiger partial charge is 0.324 e. The molecule has 0 saturated carbocycles. The molecule has 1 fully saturated rings. The Bertz CT molecular complexity index is 762. The van der Waals surface area contributed by atoms with Crippen LogP contribution in [0.5, 0.6) is 0 Å². The maximum Gasteiger partial charge on any atom is 0.238 e. The summed E-state index contributed by atoms with van der Waals surface area (Å²) in [6.07, 6.45) is 0. The monoisotopic (exact) mass is 369 g/mol. The summed E-state index contributed by atoms with van der Waals surface area (Å²) in [5, 5.41) is 3.06. The highest BCUT2D eigenvalue weighted by Gasteiger charge is 2.23. The second-order valence-electron chi connectivity index (χ2n) is 7.35. The molecule has 1 aliphatic heterocycles. The third-order valence-electron chi connectivity index (χ3n) is 5.42. The first-order valence-corrected chi connectivity index (χ1v) is 9.52. The van der Waals surface area contributed by atoms with Crippen LogP contribution < -0.4 is 5.32 Å². The third kappa shape index (κ3) is 4.93. The number of piperazine rings is 1. The standard InChI is InChI=1S/C22H28FN3O/c1-16-5-4-6-17(2)22(16)24-21(27)15-25-11-13-26(14-12-25)18(3)19-7-9-20(23)10-8-19/h4-10,18H,11-15H2,1-3H3,(H,24,27). The van der Waals surface area contributed by atoms with Gasteiger partial charge in [0.2, 0.25) is 5.91 Å². The lowest BCUT2D eigenvalue weighted by Crippen LogP contribution is -2.49. The van der Waals surface area contributed by atoms with Gasteiger partial charge >= 0.3 is 0 Å². The zero-order chi connectivity index (χ0) is 19.4. The molecule has 1 unspecified atom stereocenters. The van der Waals surface area contributed by atoms with Crippen molar-refractivity contribution in [3.8, 4) is 0 Å². The Hall–Kier alpha value is -2.24. The molecule has 0 aliphatic carbocycles. The molecule has 2 aromatic rings. The lowest BCUT2D eigenvalue weighted by atomic mass is 10.1. The number of rotatable bonds is 5. The SMILES string of the molecule is Cc1cccc(C)c1NC(=O)CN1CCN(C(C)c2ccc(F)cc2)CC1. The van der Waals surface area contributed by atoms with Gasteiger partial charge in [0, 0.05) is 37.9 Å². The number of carbonyl (C=O) groups excluding carboxylic acids is 1. The molecule has 1 amide bonds. The highest BCUT2D eigenvalue weighted by atomic mass is 19.1. The Balaban J connectivity index is 1.50. The number of halogens is 1. The van der Waals surface area contributed by atoms with Gasteiger partial charge < -0.3 is 5.32 Å². The maximum absolute atomic E-state index is 13.1. The number of hydrogen-bond donors (Lipinski definition) is 1. The Morgan fingerprint density at radius 3 is 2.22 bits per heavy atom. The summed E-state index contributed by atoms with van der Waals surface area (Å²) in [6, 6.07) is 13.0. The maximum atomic E-state index is 13.1. The van der Waals surface area contributed by atoms with Crippen molar-refractivity contribution in [2.45, 2.75) is 26.8 Å². The van der Waals surface area contributed by atoms with E-state index in [2.05, 4.69) is 22.0 Å². The quantitative estimate of drug-likeness (QED) is 0.872. The van der Waals surface area contributed by atoms with Gasteiger partial charge in [-0.2, -0.15) is 0 Å². The molecule has 0 aromatic heterocycles. The number of hydrogen-bond acceptors (Lipinski definition) is 3. The first kappa shape index (κ1) is 19.5. The van der Waals surface area contributed by atoms with Crippen LogP contribution in [0.25, 0.3) is 0 Å². The van der Waals surface area contributed by atoms with Gasteiger partial charge in [0.1, 0.15) is 5.82 Å². The summed E-state index contributed by atoms with van der Waals surface area (Å²) in [5.41, 5.74) is 4.21. The highest BCUT2D eigenvalue weighted by Crippen LogP contribution is 2.22. The summed E-state index contributed by atoms with van der Waals surface area (Å²) in [4.78, 5) is 17.0. The summed E-state index contributed by atoms with van der Waals surface area (Å²) in [6.45, 7) is 10.1. The van der Waals surface area contributed by atoms with E-state index in [-0.39, 0.29) is 17.8 Å². The van der Waals surface area contributed by atoms with E-state index < -0.39 is 0 Å². The number of benzene rings is 2. The lowest BCUT2D eigenvalue weighted by molar-refractivity contribution is -0.117. The predicted molar refractivity (Wildman–Crippen MR) is 107 cm³/mol. The highest BCUT2D eigenvalue weighted by molar-refractivity contribution is 5.93. The number of carbonyl (C=O) groups is 1. The van der Waals surface area contributed by atoms with E-state index in [4.69, 9.17) is 0 Å². The van der Waals surface area contributed by atoms with E-state index in [1.165, 1.54) is 12.1 Å². The molecule has 1 heterocycles. The zero-order valence-corrected chi connectivity index (χ0v) is 16.3. The lowest BCUT2D eigenvalue weighted by Gasteiger charge is -2.38.